The van der Waals surface area contributed by atoms with Crippen LogP contribution >= 0.6 is 11.8 Å². The van der Waals surface area contributed by atoms with E-state index in [-0.39, 0.29) is 18.4 Å². The summed E-state index contributed by atoms with van der Waals surface area (Å²) in [6.45, 7) is 3.75. The molecule has 0 aliphatic heterocycles. The molecule has 1 atom stereocenters. The zero-order valence-electron chi connectivity index (χ0n) is 16.6. The highest BCUT2D eigenvalue weighted by Gasteiger charge is 2.23. The molecule has 0 saturated heterocycles. The van der Waals surface area contributed by atoms with Crippen molar-refractivity contribution in [2.45, 2.75) is 24.3 Å². The number of hydrogen-bond acceptors (Lipinski definition) is 5. The van der Waals surface area contributed by atoms with Gasteiger partial charge in [0.15, 0.2) is 5.16 Å². The Kier molecular flexibility index (Phi) is 6.66. The summed E-state index contributed by atoms with van der Waals surface area (Å²) in [6.07, 6.45) is 1.62. The van der Waals surface area contributed by atoms with Crippen molar-refractivity contribution < 1.29 is 9.59 Å². The first-order valence-electron chi connectivity index (χ1n) is 9.17. The zero-order chi connectivity index (χ0) is 20.8. The molecule has 150 valence electrons. The van der Waals surface area contributed by atoms with Crippen molar-refractivity contribution in [3.63, 3.8) is 0 Å². The highest BCUT2D eigenvalue weighted by atomic mass is 32.2. The van der Waals surface area contributed by atoms with E-state index in [1.54, 1.807) is 20.3 Å². The van der Waals surface area contributed by atoms with E-state index in [4.69, 9.17) is 0 Å². The molecule has 0 aliphatic rings. The predicted octanol–water partition coefficient (Wildman–Crippen LogP) is 3.15. The van der Waals surface area contributed by atoms with Crippen LogP contribution in [0.4, 0.5) is 5.69 Å². The Balaban J connectivity index is 1.58. The lowest BCUT2D eigenvalue weighted by atomic mass is 10.2. The van der Waals surface area contributed by atoms with Crippen LogP contribution in [-0.2, 0) is 9.59 Å². The van der Waals surface area contributed by atoms with Gasteiger partial charge in [-0.05, 0) is 38.1 Å². The summed E-state index contributed by atoms with van der Waals surface area (Å²) in [5, 5.41) is 11.1. The number of thioether (sulfide) groups is 1. The van der Waals surface area contributed by atoms with Gasteiger partial charge in [-0.25, -0.2) is 0 Å². The van der Waals surface area contributed by atoms with Crippen molar-refractivity contribution in [3.8, 4) is 5.69 Å². The molecule has 0 unspecified atom stereocenters. The summed E-state index contributed by atoms with van der Waals surface area (Å²) in [7, 11) is 1.62. The topological polar surface area (TPSA) is 80.1 Å². The molecule has 3 rings (SSSR count). The Morgan fingerprint density at radius 2 is 1.83 bits per heavy atom. The molecule has 8 heteroatoms. The summed E-state index contributed by atoms with van der Waals surface area (Å²) < 4.78 is 1.83. The number of nitrogens with one attached hydrogen (secondary N) is 1. The number of nitrogens with zero attached hydrogens (tertiary/aromatic N) is 4. The van der Waals surface area contributed by atoms with Crippen LogP contribution in [0.15, 0.2) is 66.1 Å². The van der Waals surface area contributed by atoms with E-state index in [2.05, 4.69) is 15.5 Å². The third kappa shape index (κ3) is 5.45. The van der Waals surface area contributed by atoms with E-state index in [0.717, 1.165) is 11.3 Å². The van der Waals surface area contributed by atoms with Gasteiger partial charge in [-0.1, -0.05) is 47.7 Å². The number of rotatable bonds is 7. The maximum atomic E-state index is 12.7. The molecule has 7 nitrogen and oxygen atoms in total. The number of carbonyl (C=O) groups is 2. The number of anilines is 1. The van der Waals surface area contributed by atoms with Gasteiger partial charge in [0, 0.05) is 18.4 Å². The summed E-state index contributed by atoms with van der Waals surface area (Å²) in [5.74, 6) is -0.397. The second kappa shape index (κ2) is 9.38. The second-order valence-corrected chi connectivity index (χ2v) is 8.00. The van der Waals surface area contributed by atoms with Gasteiger partial charge >= 0.3 is 0 Å². The minimum absolute atomic E-state index is 0.0248. The molecule has 1 heterocycles. The summed E-state index contributed by atoms with van der Waals surface area (Å²) in [5.41, 5.74) is 2.75. The molecule has 1 N–H and O–H groups in total. The SMILES string of the molecule is Cc1ccc(NC(=O)CN(C)C(=O)[C@@H](C)Sc2nncn2-c2ccccc2)cc1. The average molecular weight is 410 g/mol. The van der Waals surface area contributed by atoms with Crippen molar-refractivity contribution in [2.24, 2.45) is 0 Å². The van der Waals surface area contributed by atoms with E-state index < -0.39 is 5.25 Å². The van der Waals surface area contributed by atoms with Crippen molar-refractivity contribution >= 4 is 29.3 Å². The fourth-order valence-corrected chi connectivity index (χ4v) is 3.68. The van der Waals surface area contributed by atoms with Gasteiger partial charge < -0.3 is 10.2 Å². The monoisotopic (exact) mass is 409 g/mol. The number of aromatic nitrogens is 3. The Morgan fingerprint density at radius 1 is 1.14 bits per heavy atom. The van der Waals surface area contributed by atoms with E-state index in [9.17, 15) is 9.59 Å². The van der Waals surface area contributed by atoms with Crippen molar-refractivity contribution in [3.05, 3.63) is 66.5 Å². The van der Waals surface area contributed by atoms with Crippen LogP contribution in [0.3, 0.4) is 0 Å². The first-order chi connectivity index (χ1) is 13.9. The van der Waals surface area contributed by atoms with Crippen LogP contribution in [0, 0.1) is 6.92 Å². The van der Waals surface area contributed by atoms with E-state index in [1.165, 1.54) is 16.7 Å². The number of para-hydroxylation sites is 1. The van der Waals surface area contributed by atoms with Crippen molar-refractivity contribution in [1.82, 2.24) is 19.7 Å². The van der Waals surface area contributed by atoms with Crippen LogP contribution in [0.1, 0.15) is 12.5 Å². The van der Waals surface area contributed by atoms with E-state index >= 15 is 0 Å². The smallest absolute Gasteiger partial charge is 0.243 e. The van der Waals surface area contributed by atoms with Crippen LogP contribution in [0.5, 0.6) is 0 Å². The number of carbonyl (C=O) groups excluding carboxylic acids is 2. The summed E-state index contributed by atoms with van der Waals surface area (Å²) in [6, 6.07) is 17.2. The van der Waals surface area contributed by atoms with Crippen LogP contribution < -0.4 is 5.32 Å². The molecule has 3 aromatic rings. The normalized spacial score (nSPS) is 11.7. The van der Waals surface area contributed by atoms with Gasteiger partial charge in [0.05, 0.1) is 11.8 Å². The van der Waals surface area contributed by atoms with Crippen LogP contribution in [0.25, 0.3) is 5.69 Å². The molecule has 2 amide bonds. The van der Waals surface area contributed by atoms with E-state index in [1.807, 2.05) is 66.1 Å². The molecule has 0 spiro atoms. The van der Waals surface area contributed by atoms with Crippen molar-refractivity contribution in [1.29, 1.82) is 0 Å². The highest BCUT2D eigenvalue weighted by molar-refractivity contribution is 8.00. The maximum absolute atomic E-state index is 12.7. The number of likely N-dealkylation sites (N-methyl/N-ethyl adjacent to an activating group) is 1. The molecule has 2 aromatic carbocycles. The van der Waals surface area contributed by atoms with Gasteiger partial charge in [-0.15, -0.1) is 10.2 Å². The molecule has 0 aliphatic carbocycles. The number of aryl methyl sites for hydroxylation is 1. The number of benzene rings is 2. The lowest BCUT2D eigenvalue weighted by Gasteiger charge is -2.20. The first-order valence-corrected chi connectivity index (χ1v) is 10.1. The molecule has 1 aromatic heterocycles. The van der Waals surface area contributed by atoms with Gasteiger partial charge in [0.1, 0.15) is 6.33 Å². The second-order valence-electron chi connectivity index (χ2n) is 6.69. The molecule has 0 radical (unpaired) electrons. The predicted molar refractivity (Wildman–Crippen MR) is 114 cm³/mol. The standard InChI is InChI=1S/C21H23N5O2S/c1-15-9-11-17(12-10-15)23-19(27)13-25(3)20(28)16(2)29-21-24-22-14-26(21)18-7-5-4-6-8-18/h4-12,14,16H,13H2,1-3H3,(H,23,27)/t16-/m1/s1. The Hall–Kier alpha value is -3.13. The van der Waals surface area contributed by atoms with Gasteiger partial charge in [0.2, 0.25) is 11.8 Å². The van der Waals surface area contributed by atoms with Gasteiger partial charge in [0.25, 0.3) is 0 Å². The number of hydrogen-bond donors (Lipinski definition) is 1. The Bertz CT molecular complexity index is 972. The Morgan fingerprint density at radius 3 is 2.52 bits per heavy atom. The number of amides is 2. The van der Waals surface area contributed by atoms with Gasteiger partial charge in [-0.2, -0.15) is 0 Å². The molecular weight excluding hydrogens is 386 g/mol. The van der Waals surface area contributed by atoms with Crippen LogP contribution in [0.2, 0.25) is 0 Å². The Labute approximate surface area is 174 Å². The quantitative estimate of drug-likeness (QED) is 0.607. The lowest BCUT2D eigenvalue weighted by Crippen LogP contribution is -2.39. The fraction of sp³-hybridized carbons (Fsp3) is 0.238. The molecular formula is C21H23N5O2S. The van der Waals surface area contributed by atoms with Crippen molar-refractivity contribution in [2.75, 3.05) is 18.9 Å². The minimum atomic E-state index is -0.418. The zero-order valence-corrected chi connectivity index (χ0v) is 17.4. The summed E-state index contributed by atoms with van der Waals surface area (Å²) >= 11 is 1.31. The lowest BCUT2D eigenvalue weighted by molar-refractivity contribution is -0.132. The third-order valence-electron chi connectivity index (χ3n) is 4.27. The minimum Gasteiger partial charge on any atom is -0.335 e. The van der Waals surface area contributed by atoms with Crippen LogP contribution in [-0.4, -0.2) is 50.3 Å². The molecule has 0 saturated carbocycles. The third-order valence-corrected chi connectivity index (χ3v) is 5.32. The first kappa shape index (κ1) is 20.6. The molecule has 29 heavy (non-hydrogen) atoms. The molecule has 0 bridgehead atoms. The average Bonchev–Trinajstić information content (AvgIpc) is 3.17. The largest absolute Gasteiger partial charge is 0.335 e. The van der Waals surface area contributed by atoms with Gasteiger partial charge in [-0.3, -0.25) is 14.2 Å². The molecule has 0 fully saturated rings. The highest BCUT2D eigenvalue weighted by Crippen LogP contribution is 2.24. The maximum Gasteiger partial charge on any atom is 0.243 e. The van der Waals surface area contributed by atoms with E-state index in [0.29, 0.717) is 10.8 Å². The summed E-state index contributed by atoms with van der Waals surface area (Å²) in [4.78, 5) is 26.4. The fourth-order valence-electron chi connectivity index (χ4n) is 2.72.